The molecule has 110 valence electrons. The van der Waals surface area contributed by atoms with Crippen LogP contribution in [0, 0.1) is 6.92 Å². The van der Waals surface area contributed by atoms with Crippen LogP contribution in [0.3, 0.4) is 0 Å². The molecule has 1 amide bonds. The molecule has 0 bridgehead atoms. The lowest BCUT2D eigenvalue weighted by atomic mass is 10.2. The zero-order chi connectivity index (χ0) is 14.8. The molecule has 1 heterocycles. The largest absolute Gasteiger partial charge is 0.497 e. The number of amides is 1. The number of rotatable bonds is 5. The summed E-state index contributed by atoms with van der Waals surface area (Å²) in [6, 6.07) is 10.0. The third-order valence-corrected chi connectivity index (χ3v) is 3.62. The molecule has 0 spiro atoms. The second kappa shape index (κ2) is 5.60. The van der Waals surface area contributed by atoms with Crippen molar-refractivity contribution in [1.29, 1.82) is 0 Å². The smallest absolute Gasteiger partial charge is 0.272 e. The van der Waals surface area contributed by atoms with Gasteiger partial charge >= 0.3 is 0 Å². The molecule has 5 nitrogen and oxygen atoms in total. The molecular weight excluding hydrogens is 266 g/mol. The average molecular weight is 285 g/mol. The highest BCUT2D eigenvalue weighted by Crippen LogP contribution is 2.19. The monoisotopic (exact) mass is 285 g/mol. The van der Waals surface area contributed by atoms with Crippen molar-refractivity contribution in [2.24, 2.45) is 0 Å². The van der Waals surface area contributed by atoms with Crippen molar-refractivity contribution in [1.82, 2.24) is 15.1 Å². The van der Waals surface area contributed by atoms with Crippen LogP contribution in [0.1, 0.15) is 34.6 Å². The van der Waals surface area contributed by atoms with Gasteiger partial charge in [0, 0.05) is 11.7 Å². The van der Waals surface area contributed by atoms with Crippen molar-refractivity contribution in [2.45, 2.75) is 32.4 Å². The molecule has 1 aliphatic rings. The van der Waals surface area contributed by atoms with E-state index in [0.717, 1.165) is 29.8 Å². The molecule has 1 aromatic heterocycles. The SMILES string of the molecule is COc1ccc(Cn2nc(C(=O)NC3CC3)cc2C)cc1. The molecule has 0 aliphatic heterocycles. The molecule has 1 N–H and O–H groups in total. The standard InChI is InChI=1S/C16H19N3O2/c1-11-9-15(16(20)17-13-5-6-13)18-19(11)10-12-3-7-14(21-2)8-4-12/h3-4,7-9,13H,5-6,10H2,1-2H3,(H,17,20). The van der Waals surface area contributed by atoms with Crippen LogP contribution >= 0.6 is 0 Å². The maximum atomic E-state index is 12.0. The first kappa shape index (κ1) is 13.7. The Hall–Kier alpha value is -2.30. The number of aromatic nitrogens is 2. The minimum Gasteiger partial charge on any atom is -0.497 e. The van der Waals surface area contributed by atoms with Gasteiger partial charge in [0.25, 0.3) is 5.91 Å². The van der Waals surface area contributed by atoms with Gasteiger partial charge in [0.05, 0.1) is 13.7 Å². The minimum absolute atomic E-state index is 0.0749. The van der Waals surface area contributed by atoms with E-state index in [4.69, 9.17) is 4.74 Å². The maximum absolute atomic E-state index is 12.0. The highest BCUT2D eigenvalue weighted by molar-refractivity contribution is 5.92. The van der Waals surface area contributed by atoms with E-state index in [9.17, 15) is 4.79 Å². The lowest BCUT2D eigenvalue weighted by molar-refractivity contribution is 0.0945. The van der Waals surface area contributed by atoms with Crippen molar-refractivity contribution < 1.29 is 9.53 Å². The number of benzene rings is 1. The molecule has 2 aromatic rings. The fourth-order valence-electron chi connectivity index (χ4n) is 2.17. The van der Waals surface area contributed by atoms with Gasteiger partial charge in [0.15, 0.2) is 0 Å². The Bertz CT molecular complexity index is 642. The normalized spacial score (nSPS) is 14.0. The van der Waals surface area contributed by atoms with Crippen LogP contribution in [0.2, 0.25) is 0 Å². The summed E-state index contributed by atoms with van der Waals surface area (Å²) >= 11 is 0. The van der Waals surface area contributed by atoms with Gasteiger partial charge < -0.3 is 10.1 Å². The number of carbonyl (C=O) groups is 1. The van der Waals surface area contributed by atoms with Crippen molar-refractivity contribution in [2.75, 3.05) is 7.11 Å². The second-order valence-electron chi connectivity index (χ2n) is 5.42. The molecule has 21 heavy (non-hydrogen) atoms. The molecular formula is C16H19N3O2. The van der Waals surface area contributed by atoms with Crippen LogP contribution in [-0.2, 0) is 6.54 Å². The number of hydrogen-bond donors (Lipinski definition) is 1. The van der Waals surface area contributed by atoms with Crippen molar-refractivity contribution in [3.63, 3.8) is 0 Å². The number of nitrogens with one attached hydrogen (secondary N) is 1. The molecule has 1 aliphatic carbocycles. The Balaban J connectivity index is 1.72. The van der Waals surface area contributed by atoms with Crippen LogP contribution in [0.25, 0.3) is 0 Å². The molecule has 0 radical (unpaired) electrons. The molecule has 1 fully saturated rings. The Morgan fingerprint density at radius 1 is 1.38 bits per heavy atom. The summed E-state index contributed by atoms with van der Waals surface area (Å²) in [5.41, 5.74) is 2.59. The van der Waals surface area contributed by atoms with E-state index in [0.29, 0.717) is 18.3 Å². The number of methoxy groups -OCH3 is 1. The quantitative estimate of drug-likeness (QED) is 0.915. The van der Waals surface area contributed by atoms with Crippen LogP contribution in [0.15, 0.2) is 30.3 Å². The van der Waals surface area contributed by atoms with Gasteiger partial charge in [-0.3, -0.25) is 9.48 Å². The van der Waals surface area contributed by atoms with E-state index in [1.807, 2.05) is 41.9 Å². The predicted octanol–water partition coefficient (Wildman–Crippen LogP) is 2.14. The van der Waals surface area contributed by atoms with E-state index < -0.39 is 0 Å². The lowest BCUT2D eigenvalue weighted by Crippen LogP contribution is -2.25. The first-order chi connectivity index (χ1) is 10.2. The van der Waals surface area contributed by atoms with Gasteiger partial charge in [-0.2, -0.15) is 5.10 Å². The van der Waals surface area contributed by atoms with Crippen molar-refractivity contribution >= 4 is 5.91 Å². The van der Waals surface area contributed by atoms with Crippen molar-refractivity contribution in [3.05, 3.63) is 47.3 Å². The third kappa shape index (κ3) is 3.24. The molecule has 0 atom stereocenters. The maximum Gasteiger partial charge on any atom is 0.272 e. The summed E-state index contributed by atoms with van der Waals surface area (Å²) in [7, 11) is 1.65. The second-order valence-corrected chi connectivity index (χ2v) is 5.42. The van der Waals surface area contributed by atoms with Gasteiger partial charge in [-0.1, -0.05) is 12.1 Å². The van der Waals surface area contributed by atoms with Gasteiger partial charge in [0.1, 0.15) is 11.4 Å². The molecule has 0 saturated heterocycles. The minimum atomic E-state index is -0.0749. The highest BCUT2D eigenvalue weighted by atomic mass is 16.5. The summed E-state index contributed by atoms with van der Waals surface area (Å²) in [5.74, 6) is 0.759. The Kier molecular flexibility index (Phi) is 3.64. The third-order valence-electron chi connectivity index (χ3n) is 3.62. The summed E-state index contributed by atoms with van der Waals surface area (Å²) < 4.78 is 7.00. The molecule has 5 heteroatoms. The average Bonchev–Trinajstić information content (AvgIpc) is 3.23. The van der Waals surface area contributed by atoms with E-state index in [2.05, 4.69) is 10.4 Å². The topological polar surface area (TPSA) is 56.2 Å². The van der Waals surface area contributed by atoms with Gasteiger partial charge in [0.2, 0.25) is 0 Å². The fraction of sp³-hybridized carbons (Fsp3) is 0.375. The summed E-state index contributed by atoms with van der Waals surface area (Å²) in [5, 5.41) is 7.36. The summed E-state index contributed by atoms with van der Waals surface area (Å²) in [6.45, 7) is 2.61. The Morgan fingerprint density at radius 2 is 2.10 bits per heavy atom. The molecule has 3 rings (SSSR count). The number of nitrogens with zero attached hydrogens (tertiary/aromatic N) is 2. The zero-order valence-electron chi connectivity index (χ0n) is 12.3. The summed E-state index contributed by atoms with van der Waals surface area (Å²) in [6.07, 6.45) is 2.16. The first-order valence-corrected chi connectivity index (χ1v) is 7.14. The number of aryl methyl sites for hydroxylation is 1. The molecule has 0 unspecified atom stereocenters. The highest BCUT2D eigenvalue weighted by Gasteiger charge is 2.25. The van der Waals surface area contributed by atoms with Crippen LogP contribution in [0.5, 0.6) is 5.75 Å². The van der Waals surface area contributed by atoms with Gasteiger partial charge in [-0.15, -0.1) is 0 Å². The van der Waals surface area contributed by atoms with E-state index in [1.165, 1.54) is 0 Å². The molecule has 1 aromatic carbocycles. The van der Waals surface area contributed by atoms with Crippen LogP contribution in [-0.4, -0.2) is 28.8 Å². The predicted molar refractivity (Wildman–Crippen MR) is 79.5 cm³/mol. The summed E-state index contributed by atoms with van der Waals surface area (Å²) in [4.78, 5) is 12.0. The lowest BCUT2D eigenvalue weighted by Gasteiger charge is -2.06. The van der Waals surface area contributed by atoms with E-state index in [1.54, 1.807) is 7.11 Å². The van der Waals surface area contributed by atoms with Gasteiger partial charge in [-0.25, -0.2) is 0 Å². The van der Waals surface area contributed by atoms with E-state index in [-0.39, 0.29) is 5.91 Å². The number of ether oxygens (including phenoxy) is 1. The van der Waals surface area contributed by atoms with Crippen LogP contribution < -0.4 is 10.1 Å². The van der Waals surface area contributed by atoms with E-state index >= 15 is 0 Å². The Labute approximate surface area is 123 Å². The zero-order valence-corrected chi connectivity index (χ0v) is 12.3. The van der Waals surface area contributed by atoms with Crippen molar-refractivity contribution in [3.8, 4) is 5.75 Å². The fourth-order valence-corrected chi connectivity index (χ4v) is 2.17. The van der Waals surface area contributed by atoms with Crippen LogP contribution in [0.4, 0.5) is 0 Å². The Morgan fingerprint density at radius 3 is 2.71 bits per heavy atom. The molecule has 1 saturated carbocycles. The number of carbonyl (C=O) groups excluding carboxylic acids is 1. The first-order valence-electron chi connectivity index (χ1n) is 7.14. The van der Waals surface area contributed by atoms with Gasteiger partial charge in [-0.05, 0) is 43.5 Å². The number of hydrogen-bond acceptors (Lipinski definition) is 3.